The van der Waals surface area contributed by atoms with Crippen LogP contribution < -0.4 is 10.9 Å². The molecule has 0 saturated carbocycles. The second-order valence-electron chi connectivity index (χ2n) is 5.54. The summed E-state index contributed by atoms with van der Waals surface area (Å²) in [5.41, 5.74) is 8.08. The minimum absolute atomic E-state index is 0.192. The SMILES string of the molecule is O=C(NNc1nc(-c2ccc3ccccc3c2)cs1)c1ccccc1. The van der Waals surface area contributed by atoms with Crippen molar-refractivity contribution in [3.8, 4) is 11.3 Å². The first-order valence-corrected chi connectivity index (χ1v) is 8.74. The Bertz CT molecular complexity index is 1030. The van der Waals surface area contributed by atoms with E-state index in [4.69, 9.17) is 0 Å². The molecule has 1 amide bonds. The summed E-state index contributed by atoms with van der Waals surface area (Å²) < 4.78 is 0. The minimum Gasteiger partial charge on any atom is -0.273 e. The van der Waals surface area contributed by atoms with E-state index in [0.717, 1.165) is 11.3 Å². The van der Waals surface area contributed by atoms with Gasteiger partial charge in [0, 0.05) is 16.5 Å². The lowest BCUT2D eigenvalue weighted by Crippen LogP contribution is -2.29. The Balaban J connectivity index is 1.49. The minimum atomic E-state index is -0.192. The predicted octanol–water partition coefficient (Wildman–Crippen LogP) is 4.72. The van der Waals surface area contributed by atoms with Gasteiger partial charge in [0.15, 0.2) is 0 Å². The maximum absolute atomic E-state index is 12.0. The van der Waals surface area contributed by atoms with Gasteiger partial charge in [-0.25, -0.2) is 4.98 Å². The highest BCUT2D eigenvalue weighted by Gasteiger charge is 2.07. The number of aromatic nitrogens is 1. The summed E-state index contributed by atoms with van der Waals surface area (Å²) in [5.74, 6) is -0.192. The molecule has 0 aliphatic carbocycles. The fourth-order valence-electron chi connectivity index (χ4n) is 2.58. The summed E-state index contributed by atoms with van der Waals surface area (Å²) in [7, 11) is 0. The number of nitrogens with one attached hydrogen (secondary N) is 2. The van der Waals surface area contributed by atoms with E-state index in [1.54, 1.807) is 12.1 Å². The number of rotatable bonds is 4. The fourth-order valence-corrected chi connectivity index (χ4v) is 3.26. The van der Waals surface area contributed by atoms with Gasteiger partial charge in [-0.05, 0) is 29.0 Å². The smallest absolute Gasteiger partial charge is 0.269 e. The molecule has 0 fully saturated rings. The van der Waals surface area contributed by atoms with Crippen molar-refractivity contribution in [2.24, 2.45) is 0 Å². The molecule has 122 valence electrons. The first kappa shape index (κ1) is 15.4. The number of anilines is 1. The summed E-state index contributed by atoms with van der Waals surface area (Å²) in [6.45, 7) is 0. The predicted molar refractivity (Wildman–Crippen MR) is 103 cm³/mol. The average molecular weight is 345 g/mol. The topological polar surface area (TPSA) is 54.0 Å². The molecule has 0 radical (unpaired) electrons. The zero-order valence-corrected chi connectivity index (χ0v) is 14.1. The molecular weight excluding hydrogens is 330 g/mol. The molecule has 0 unspecified atom stereocenters. The number of thiazole rings is 1. The third-order valence-electron chi connectivity index (χ3n) is 3.87. The van der Waals surface area contributed by atoms with Gasteiger partial charge in [-0.15, -0.1) is 11.3 Å². The lowest BCUT2D eigenvalue weighted by Gasteiger charge is -2.05. The summed E-state index contributed by atoms with van der Waals surface area (Å²) >= 11 is 1.45. The third kappa shape index (κ3) is 3.36. The van der Waals surface area contributed by atoms with Crippen LogP contribution in [0.3, 0.4) is 0 Å². The molecule has 1 aromatic heterocycles. The number of nitrogens with zero attached hydrogens (tertiary/aromatic N) is 1. The van der Waals surface area contributed by atoms with Crippen molar-refractivity contribution >= 4 is 33.1 Å². The van der Waals surface area contributed by atoms with E-state index < -0.39 is 0 Å². The molecule has 0 aliphatic heterocycles. The van der Waals surface area contributed by atoms with Crippen LogP contribution in [0.5, 0.6) is 0 Å². The highest BCUT2D eigenvalue weighted by atomic mass is 32.1. The largest absolute Gasteiger partial charge is 0.273 e. The molecule has 25 heavy (non-hydrogen) atoms. The number of benzene rings is 3. The number of hydrogen-bond donors (Lipinski definition) is 2. The molecule has 4 nitrogen and oxygen atoms in total. The van der Waals surface area contributed by atoms with Crippen LogP contribution in [0.1, 0.15) is 10.4 Å². The summed E-state index contributed by atoms with van der Waals surface area (Å²) in [6, 6.07) is 23.6. The number of hydrogen-bond acceptors (Lipinski definition) is 4. The van der Waals surface area contributed by atoms with Gasteiger partial charge in [0.1, 0.15) is 0 Å². The molecule has 4 rings (SSSR count). The monoisotopic (exact) mass is 345 g/mol. The van der Waals surface area contributed by atoms with E-state index in [9.17, 15) is 4.79 Å². The number of carbonyl (C=O) groups excluding carboxylic acids is 1. The van der Waals surface area contributed by atoms with E-state index in [0.29, 0.717) is 10.7 Å². The Morgan fingerprint density at radius 1 is 0.880 bits per heavy atom. The molecule has 0 aliphatic rings. The van der Waals surface area contributed by atoms with E-state index in [2.05, 4.69) is 46.2 Å². The quantitative estimate of drug-likeness (QED) is 0.526. The van der Waals surface area contributed by atoms with Gasteiger partial charge in [0.25, 0.3) is 5.91 Å². The maximum Gasteiger partial charge on any atom is 0.269 e. The van der Waals surface area contributed by atoms with Gasteiger partial charge in [0.2, 0.25) is 5.13 Å². The molecule has 1 heterocycles. The van der Waals surface area contributed by atoms with Crippen LogP contribution >= 0.6 is 11.3 Å². The second-order valence-corrected chi connectivity index (χ2v) is 6.40. The first-order valence-electron chi connectivity index (χ1n) is 7.86. The van der Waals surface area contributed by atoms with E-state index >= 15 is 0 Å². The van der Waals surface area contributed by atoms with E-state index in [-0.39, 0.29) is 5.91 Å². The molecule has 0 bridgehead atoms. The second kappa shape index (κ2) is 6.75. The summed E-state index contributed by atoms with van der Waals surface area (Å²) in [4.78, 5) is 16.6. The number of amides is 1. The highest BCUT2D eigenvalue weighted by Crippen LogP contribution is 2.27. The van der Waals surface area contributed by atoms with E-state index in [1.807, 2.05) is 35.7 Å². The van der Waals surface area contributed by atoms with Gasteiger partial charge >= 0.3 is 0 Å². The van der Waals surface area contributed by atoms with Crippen LogP contribution in [0.25, 0.3) is 22.0 Å². The maximum atomic E-state index is 12.0. The molecule has 5 heteroatoms. The molecule has 3 aromatic carbocycles. The summed E-state index contributed by atoms with van der Waals surface area (Å²) in [6.07, 6.45) is 0. The first-order chi connectivity index (χ1) is 12.3. The zero-order valence-electron chi connectivity index (χ0n) is 13.3. The van der Waals surface area contributed by atoms with Crippen LogP contribution in [0, 0.1) is 0 Å². The molecule has 4 aromatic rings. The Labute approximate surface area is 149 Å². The molecule has 2 N–H and O–H groups in total. The Morgan fingerprint density at radius 3 is 2.48 bits per heavy atom. The van der Waals surface area contributed by atoms with Gasteiger partial charge in [-0.3, -0.25) is 15.6 Å². The Morgan fingerprint density at radius 2 is 1.64 bits per heavy atom. The molecular formula is C20H15N3OS. The molecule has 0 spiro atoms. The van der Waals surface area contributed by atoms with Gasteiger partial charge in [-0.1, -0.05) is 54.6 Å². The van der Waals surface area contributed by atoms with E-state index in [1.165, 1.54) is 22.1 Å². The molecule has 0 atom stereocenters. The Hall–Kier alpha value is -3.18. The van der Waals surface area contributed by atoms with Crippen molar-refractivity contribution in [1.29, 1.82) is 0 Å². The number of hydrazine groups is 1. The average Bonchev–Trinajstić information content (AvgIpc) is 3.15. The van der Waals surface area contributed by atoms with Crippen molar-refractivity contribution < 1.29 is 4.79 Å². The molecule has 0 saturated heterocycles. The van der Waals surface area contributed by atoms with Crippen molar-refractivity contribution in [2.45, 2.75) is 0 Å². The van der Waals surface area contributed by atoms with Crippen LogP contribution in [0.4, 0.5) is 5.13 Å². The lowest BCUT2D eigenvalue weighted by molar-refractivity contribution is 0.0962. The standard InChI is InChI=1S/C20H15N3OS/c24-19(15-7-2-1-3-8-15)22-23-20-21-18(13-25-20)17-11-10-14-6-4-5-9-16(14)12-17/h1-13H,(H,21,23)(H,22,24). The highest BCUT2D eigenvalue weighted by molar-refractivity contribution is 7.14. The summed E-state index contributed by atoms with van der Waals surface area (Å²) in [5, 5.41) is 5.00. The Kier molecular flexibility index (Phi) is 4.14. The van der Waals surface area contributed by atoms with Gasteiger partial charge in [0.05, 0.1) is 5.69 Å². The van der Waals surface area contributed by atoms with Crippen LogP contribution in [-0.4, -0.2) is 10.9 Å². The van der Waals surface area contributed by atoms with Crippen molar-refractivity contribution in [3.63, 3.8) is 0 Å². The number of fused-ring (bicyclic) bond motifs is 1. The van der Waals surface area contributed by atoms with Crippen molar-refractivity contribution in [1.82, 2.24) is 10.4 Å². The normalized spacial score (nSPS) is 10.6. The lowest BCUT2D eigenvalue weighted by atomic mass is 10.1. The van der Waals surface area contributed by atoms with Crippen molar-refractivity contribution in [3.05, 3.63) is 83.7 Å². The van der Waals surface area contributed by atoms with Crippen LogP contribution in [0.2, 0.25) is 0 Å². The van der Waals surface area contributed by atoms with Gasteiger partial charge < -0.3 is 0 Å². The fraction of sp³-hybridized carbons (Fsp3) is 0. The van der Waals surface area contributed by atoms with Crippen LogP contribution in [-0.2, 0) is 0 Å². The van der Waals surface area contributed by atoms with Crippen molar-refractivity contribution in [2.75, 3.05) is 5.43 Å². The van der Waals surface area contributed by atoms with Gasteiger partial charge in [-0.2, -0.15) is 0 Å². The van der Waals surface area contributed by atoms with Crippen LogP contribution in [0.15, 0.2) is 78.2 Å². The number of carbonyl (C=O) groups is 1. The third-order valence-corrected chi connectivity index (χ3v) is 4.63. The zero-order chi connectivity index (χ0) is 17.1.